The van der Waals surface area contributed by atoms with Gasteiger partial charge < -0.3 is 9.84 Å². The van der Waals surface area contributed by atoms with E-state index < -0.39 is 15.9 Å². The highest BCUT2D eigenvalue weighted by Gasteiger charge is 2.10. The Balaban J connectivity index is 1.77. The van der Waals surface area contributed by atoms with Gasteiger partial charge in [-0.2, -0.15) is 0 Å². The number of sulfone groups is 1. The fourth-order valence-corrected chi connectivity index (χ4v) is 3.03. The number of aliphatic hydroxyl groups is 1. The molecule has 23 heavy (non-hydrogen) atoms. The quantitative estimate of drug-likeness (QED) is 0.755. The molecule has 4 nitrogen and oxygen atoms in total. The number of ether oxygens (including phenoxy) is 1. The number of rotatable bonds is 8. The molecular weight excluding hydrogens is 312 g/mol. The molecule has 0 heterocycles. The van der Waals surface area contributed by atoms with Crippen LogP contribution in [0.25, 0.3) is 0 Å². The molecule has 0 saturated carbocycles. The van der Waals surface area contributed by atoms with Crippen molar-refractivity contribution in [2.75, 3.05) is 6.61 Å². The summed E-state index contributed by atoms with van der Waals surface area (Å²) in [6.45, 7) is 0.825. The van der Waals surface area contributed by atoms with Crippen molar-refractivity contribution < 1.29 is 18.3 Å². The Kier molecular flexibility index (Phi) is 6.52. The van der Waals surface area contributed by atoms with E-state index in [-0.39, 0.29) is 4.90 Å². The maximum absolute atomic E-state index is 12.0. The van der Waals surface area contributed by atoms with Crippen LogP contribution in [0.2, 0.25) is 0 Å². The zero-order chi connectivity index (χ0) is 16.5. The summed E-state index contributed by atoms with van der Waals surface area (Å²) in [5, 5.41) is 10.9. The minimum absolute atomic E-state index is 0.212. The van der Waals surface area contributed by atoms with Crippen molar-refractivity contribution in [3.8, 4) is 0 Å². The van der Waals surface area contributed by atoms with Crippen molar-refractivity contribution in [2.24, 2.45) is 0 Å². The topological polar surface area (TPSA) is 63.6 Å². The number of hydrogen-bond donors (Lipinski definition) is 1. The third-order valence-electron chi connectivity index (χ3n) is 3.22. The predicted molar refractivity (Wildman–Crippen MR) is 89.5 cm³/mol. The van der Waals surface area contributed by atoms with Gasteiger partial charge in [0, 0.05) is 18.4 Å². The fraction of sp³-hybridized carbons (Fsp3) is 0.222. The number of benzene rings is 2. The molecule has 0 aliphatic carbocycles. The van der Waals surface area contributed by atoms with E-state index in [2.05, 4.69) is 0 Å². The summed E-state index contributed by atoms with van der Waals surface area (Å²) in [5.41, 5.74) is 1.06. The molecule has 1 unspecified atom stereocenters. The van der Waals surface area contributed by atoms with Gasteiger partial charge in [-0.25, -0.2) is 8.42 Å². The molecule has 5 heteroatoms. The van der Waals surface area contributed by atoms with Gasteiger partial charge in [0.25, 0.3) is 0 Å². The summed E-state index contributed by atoms with van der Waals surface area (Å²) in [4.78, 5) is 0.212. The Morgan fingerprint density at radius 3 is 2.26 bits per heavy atom. The number of hydrogen-bond acceptors (Lipinski definition) is 4. The summed E-state index contributed by atoms with van der Waals surface area (Å²) >= 11 is 0. The lowest BCUT2D eigenvalue weighted by molar-refractivity contribution is 0.0883. The van der Waals surface area contributed by atoms with Crippen LogP contribution in [0.3, 0.4) is 0 Å². The van der Waals surface area contributed by atoms with Crippen molar-refractivity contribution in [2.45, 2.75) is 24.0 Å². The average molecular weight is 332 g/mol. The molecule has 0 radical (unpaired) electrons. The molecule has 0 aliphatic heterocycles. The second kappa shape index (κ2) is 8.62. The van der Waals surface area contributed by atoms with Crippen molar-refractivity contribution in [3.05, 3.63) is 77.7 Å². The maximum Gasteiger partial charge on any atom is 0.199 e. The highest BCUT2D eigenvalue weighted by molar-refractivity contribution is 7.94. The van der Waals surface area contributed by atoms with Crippen LogP contribution in [0.4, 0.5) is 0 Å². The van der Waals surface area contributed by atoms with Gasteiger partial charge in [-0.05, 0) is 23.8 Å². The molecule has 0 bridgehead atoms. The van der Waals surface area contributed by atoms with Crippen LogP contribution in [0.5, 0.6) is 0 Å². The van der Waals surface area contributed by atoms with Crippen LogP contribution < -0.4 is 0 Å². The van der Waals surface area contributed by atoms with E-state index in [1.54, 1.807) is 18.2 Å². The first-order valence-corrected chi connectivity index (χ1v) is 8.90. The molecular formula is C18H20O4S. The van der Waals surface area contributed by atoms with Gasteiger partial charge in [-0.1, -0.05) is 48.5 Å². The van der Waals surface area contributed by atoms with Gasteiger partial charge in [0.15, 0.2) is 9.84 Å². The molecule has 1 atom stereocenters. The van der Waals surface area contributed by atoms with Crippen LogP contribution >= 0.6 is 0 Å². The lowest BCUT2D eigenvalue weighted by Crippen LogP contribution is -2.08. The standard InChI is InChI=1S/C18H20O4S/c19-17(11-13-22-15-16-7-3-1-4-8-16)12-14-23(20,21)18-9-5-2-6-10-18/h1-10,12,14,17,19H,11,13,15H2/b14-12+. The Morgan fingerprint density at radius 2 is 1.61 bits per heavy atom. The van der Waals surface area contributed by atoms with Gasteiger partial charge in [-0.15, -0.1) is 0 Å². The number of aliphatic hydroxyl groups excluding tert-OH is 1. The van der Waals surface area contributed by atoms with Gasteiger partial charge in [0.1, 0.15) is 0 Å². The van der Waals surface area contributed by atoms with E-state index in [9.17, 15) is 13.5 Å². The molecule has 2 aromatic carbocycles. The van der Waals surface area contributed by atoms with Crippen LogP contribution in [-0.2, 0) is 21.2 Å². The van der Waals surface area contributed by atoms with Crippen molar-refractivity contribution in [1.82, 2.24) is 0 Å². The Hall–Kier alpha value is -1.95. The minimum Gasteiger partial charge on any atom is -0.389 e. The lowest BCUT2D eigenvalue weighted by Gasteiger charge is -2.07. The van der Waals surface area contributed by atoms with Crippen LogP contribution in [-0.4, -0.2) is 26.2 Å². The zero-order valence-corrected chi connectivity index (χ0v) is 13.5. The summed E-state index contributed by atoms with van der Waals surface area (Å²) in [6.07, 6.45) is 0.770. The van der Waals surface area contributed by atoms with Crippen LogP contribution in [0.15, 0.2) is 77.0 Å². The van der Waals surface area contributed by atoms with Crippen LogP contribution in [0.1, 0.15) is 12.0 Å². The first kappa shape index (κ1) is 17.4. The van der Waals surface area contributed by atoms with Gasteiger partial charge >= 0.3 is 0 Å². The Bertz CT molecular complexity index is 709. The normalized spacial score (nSPS) is 13.3. The average Bonchev–Trinajstić information content (AvgIpc) is 2.59. The van der Waals surface area contributed by atoms with E-state index in [4.69, 9.17) is 4.74 Å². The SMILES string of the molecule is O=S(=O)(/C=C/C(O)CCOCc1ccccc1)c1ccccc1. The minimum atomic E-state index is -3.51. The van der Waals surface area contributed by atoms with E-state index in [0.29, 0.717) is 19.6 Å². The lowest BCUT2D eigenvalue weighted by atomic mass is 10.2. The van der Waals surface area contributed by atoms with Gasteiger partial charge in [0.05, 0.1) is 17.6 Å². The summed E-state index contributed by atoms with van der Waals surface area (Å²) in [6, 6.07) is 17.8. The molecule has 1 N–H and O–H groups in total. The maximum atomic E-state index is 12.0. The Labute approximate surface area is 137 Å². The van der Waals surface area contributed by atoms with E-state index in [0.717, 1.165) is 11.0 Å². The molecule has 0 aromatic heterocycles. The van der Waals surface area contributed by atoms with Crippen LogP contribution in [0, 0.1) is 0 Å². The van der Waals surface area contributed by atoms with Gasteiger partial charge in [-0.3, -0.25) is 0 Å². The first-order valence-electron chi connectivity index (χ1n) is 7.36. The van der Waals surface area contributed by atoms with E-state index >= 15 is 0 Å². The van der Waals surface area contributed by atoms with Crippen molar-refractivity contribution in [1.29, 1.82) is 0 Å². The Morgan fingerprint density at radius 1 is 1.00 bits per heavy atom. The van der Waals surface area contributed by atoms with Gasteiger partial charge in [0.2, 0.25) is 0 Å². The smallest absolute Gasteiger partial charge is 0.199 e. The summed E-state index contributed by atoms with van der Waals surface area (Å²) in [5.74, 6) is 0. The molecule has 0 saturated heterocycles. The molecule has 0 aliphatic rings. The molecule has 0 fully saturated rings. The first-order chi connectivity index (χ1) is 11.1. The molecule has 0 amide bonds. The second-order valence-electron chi connectivity index (χ2n) is 5.08. The molecule has 122 valence electrons. The monoisotopic (exact) mass is 332 g/mol. The molecule has 2 rings (SSSR count). The highest BCUT2D eigenvalue weighted by atomic mass is 32.2. The molecule has 2 aromatic rings. The summed E-state index contributed by atoms with van der Waals surface area (Å²) in [7, 11) is -3.51. The van der Waals surface area contributed by atoms with E-state index in [1.807, 2.05) is 30.3 Å². The fourth-order valence-electron chi connectivity index (χ4n) is 1.95. The van der Waals surface area contributed by atoms with Crippen molar-refractivity contribution >= 4 is 9.84 Å². The largest absolute Gasteiger partial charge is 0.389 e. The third kappa shape index (κ3) is 5.98. The second-order valence-corrected chi connectivity index (χ2v) is 6.91. The summed E-state index contributed by atoms with van der Waals surface area (Å²) < 4.78 is 29.5. The third-order valence-corrected chi connectivity index (χ3v) is 4.67. The van der Waals surface area contributed by atoms with E-state index in [1.165, 1.54) is 18.2 Å². The predicted octanol–water partition coefficient (Wildman–Crippen LogP) is 2.94. The van der Waals surface area contributed by atoms with Crippen molar-refractivity contribution in [3.63, 3.8) is 0 Å². The highest BCUT2D eigenvalue weighted by Crippen LogP contribution is 2.12. The molecule has 0 spiro atoms. The zero-order valence-electron chi connectivity index (χ0n) is 12.7.